The summed E-state index contributed by atoms with van der Waals surface area (Å²) >= 11 is 0. The molecule has 62 heavy (non-hydrogen) atoms. The van der Waals surface area contributed by atoms with Crippen LogP contribution in [0.1, 0.15) is 86.1 Å². The van der Waals surface area contributed by atoms with E-state index in [-0.39, 0.29) is 10.8 Å². The summed E-state index contributed by atoms with van der Waals surface area (Å²) in [4.78, 5) is 4.80. The Morgan fingerprint density at radius 3 is 1.63 bits per heavy atom. The monoisotopic (exact) mass is 808 g/mol. The number of anilines is 6. The number of hydrogen-bond donors (Lipinski definition) is 0. The van der Waals surface area contributed by atoms with E-state index in [0.29, 0.717) is 0 Å². The molecule has 4 aliphatic carbocycles. The van der Waals surface area contributed by atoms with Gasteiger partial charge in [0.15, 0.2) is 0 Å². The van der Waals surface area contributed by atoms with E-state index in [1.165, 1.54) is 85.0 Å². The van der Waals surface area contributed by atoms with E-state index in [2.05, 4.69) is 182 Å². The lowest BCUT2D eigenvalue weighted by molar-refractivity contribution is -0.0281. The summed E-state index contributed by atoms with van der Waals surface area (Å²) in [6, 6.07) is 61.3. The summed E-state index contributed by atoms with van der Waals surface area (Å²) in [7, 11) is 0. The summed E-state index contributed by atoms with van der Waals surface area (Å²) in [5.74, 6) is 1.60. The zero-order valence-corrected chi connectivity index (χ0v) is 36.2. The summed E-state index contributed by atoms with van der Waals surface area (Å²) in [5, 5.41) is 2.25. The van der Waals surface area contributed by atoms with E-state index in [9.17, 15) is 0 Å². The molecule has 308 valence electrons. The van der Waals surface area contributed by atoms with Gasteiger partial charge in [-0.3, -0.25) is 0 Å². The molecule has 4 aliphatic rings. The third-order valence-electron chi connectivity index (χ3n) is 14.8. The van der Waals surface area contributed by atoms with E-state index in [4.69, 9.17) is 4.42 Å². The Bertz CT molecular complexity index is 2850. The first-order chi connectivity index (χ1) is 30.4. The van der Waals surface area contributed by atoms with Crippen molar-refractivity contribution < 1.29 is 4.42 Å². The lowest BCUT2D eigenvalue weighted by Gasteiger charge is -2.63. The molecule has 0 saturated heterocycles. The molecule has 8 aromatic rings. The van der Waals surface area contributed by atoms with Gasteiger partial charge in [-0.1, -0.05) is 110 Å². The van der Waals surface area contributed by atoms with Crippen LogP contribution in [0.3, 0.4) is 0 Å². The van der Waals surface area contributed by atoms with Crippen LogP contribution in [0.5, 0.6) is 0 Å². The maximum Gasteiger partial charge on any atom is 0.135 e. The van der Waals surface area contributed by atoms with Crippen LogP contribution in [0.15, 0.2) is 175 Å². The quantitative estimate of drug-likeness (QED) is 0.123. The normalized spacial score (nSPS) is 21.4. The van der Waals surface area contributed by atoms with Crippen LogP contribution in [0, 0.1) is 18.8 Å². The Hall–Kier alpha value is -6.32. The number of fused-ring (bicyclic) bond motifs is 3. The average Bonchev–Trinajstić information content (AvgIpc) is 3.68. The molecule has 4 bridgehead atoms. The first-order valence-electron chi connectivity index (χ1n) is 23.0. The Morgan fingerprint density at radius 2 is 1.05 bits per heavy atom. The summed E-state index contributed by atoms with van der Waals surface area (Å²) in [6.07, 6.45) is 13.5. The van der Waals surface area contributed by atoms with Gasteiger partial charge in [0.05, 0.1) is 0 Å². The van der Waals surface area contributed by atoms with Crippen molar-refractivity contribution in [2.45, 2.75) is 82.5 Å². The zero-order chi connectivity index (χ0) is 41.8. The van der Waals surface area contributed by atoms with Crippen molar-refractivity contribution in [2.75, 3.05) is 9.80 Å². The number of aryl methyl sites for hydroxylation is 2. The predicted octanol–water partition coefficient (Wildman–Crippen LogP) is 16.6. The first-order valence-corrected chi connectivity index (χ1v) is 23.0. The summed E-state index contributed by atoms with van der Waals surface area (Å²) in [5.41, 5.74) is 16.1. The number of furan rings is 1. The van der Waals surface area contributed by atoms with Crippen molar-refractivity contribution in [3.8, 4) is 0 Å². The minimum Gasteiger partial charge on any atom is -0.456 e. The highest BCUT2D eigenvalue weighted by Gasteiger charge is 2.58. The van der Waals surface area contributed by atoms with Gasteiger partial charge in [-0.2, -0.15) is 0 Å². The van der Waals surface area contributed by atoms with Crippen LogP contribution in [0.2, 0.25) is 0 Å². The largest absolute Gasteiger partial charge is 0.456 e. The van der Waals surface area contributed by atoms with Gasteiger partial charge in [0.25, 0.3) is 0 Å². The molecule has 12 rings (SSSR count). The second-order valence-corrected chi connectivity index (χ2v) is 19.0. The van der Waals surface area contributed by atoms with Crippen molar-refractivity contribution >= 4 is 62.1 Å². The maximum absolute atomic E-state index is 6.24. The van der Waals surface area contributed by atoms with Gasteiger partial charge in [-0.25, -0.2) is 0 Å². The molecule has 4 fully saturated rings. The van der Waals surface area contributed by atoms with E-state index < -0.39 is 0 Å². The Morgan fingerprint density at radius 1 is 0.565 bits per heavy atom. The Labute approximate surface area is 367 Å². The second-order valence-electron chi connectivity index (χ2n) is 19.0. The molecule has 0 amide bonds. The third-order valence-corrected chi connectivity index (χ3v) is 14.8. The van der Waals surface area contributed by atoms with Gasteiger partial charge in [-0.05, 0) is 188 Å². The highest BCUT2D eigenvalue weighted by atomic mass is 16.3. The molecule has 1 aromatic heterocycles. The van der Waals surface area contributed by atoms with Crippen molar-refractivity contribution in [2.24, 2.45) is 11.8 Å². The molecule has 3 nitrogen and oxygen atoms in total. The highest BCUT2D eigenvalue weighted by molar-refractivity contribution is 6.06. The van der Waals surface area contributed by atoms with Crippen LogP contribution in [0.4, 0.5) is 34.1 Å². The van der Waals surface area contributed by atoms with Gasteiger partial charge < -0.3 is 14.2 Å². The van der Waals surface area contributed by atoms with Gasteiger partial charge >= 0.3 is 0 Å². The molecule has 0 radical (unpaired) electrons. The number of rotatable bonds is 12. The van der Waals surface area contributed by atoms with Crippen LogP contribution in [-0.4, -0.2) is 0 Å². The van der Waals surface area contributed by atoms with E-state index in [0.717, 1.165) is 62.9 Å². The van der Waals surface area contributed by atoms with Gasteiger partial charge in [0.1, 0.15) is 11.2 Å². The van der Waals surface area contributed by atoms with Crippen LogP contribution in [-0.2, 0) is 17.3 Å². The van der Waals surface area contributed by atoms with Crippen molar-refractivity contribution in [1.29, 1.82) is 0 Å². The lowest BCUT2D eigenvalue weighted by Crippen LogP contribution is -2.55. The molecular formula is C59H56N2O. The minimum atomic E-state index is 0.234. The standard InChI is InChI=1S/C59H56N2O/c1-4-6-9-43-16-24-49(25-17-43)60(50-26-20-47(21-27-50)59-38-44-34-45(39-59)37-58(36-44,40-59)46-18-14-42(5-2)15-19-46)51-28-30-52(31-29-51)61(48-22-12-41(3)13-23-48)53-32-33-57-55(35-53)54-10-7-8-11-56(54)62-57/h5,7-8,10-33,35,44-45H,2,4,6,9,34,36-40H2,1,3H3. The Balaban J connectivity index is 0.957. The zero-order valence-electron chi connectivity index (χ0n) is 36.2. The topological polar surface area (TPSA) is 19.6 Å². The third kappa shape index (κ3) is 6.83. The number of unbranched alkanes of at least 4 members (excludes halogenated alkanes) is 1. The smallest absolute Gasteiger partial charge is 0.135 e. The minimum absolute atomic E-state index is 0.234. The van der Waals surface area contributed by atoms with E-state index in [1.54, 1.807) is 5.56 Å². The van der Waals surface area contributed by atoms with Gasteiger partial charge in [-0.15, -0.1) is 0 Å². The lowest BCUT2D eigenvalue weighted by atomic mass is 9.42. The fourth-order valence-electron chi connectivity index (χ4n) is 12.3. The molecule has 4 saturated carbocycles. The van der Waals surface area contributed by atoms with Crippen molar-refractivity contribution in [1.82, 2.24) is 0 Å². The molecule has 0 aliphatic heterocycles. The maximum atomic E-state index is 6.24. The van der Waals surface area contributed by atoms with Crippen LogP contribution >= 0.6 is 0 Å². The van der Waals surface area contributed by atoms with Crippen molar-refractivity contribution in [3.63, 3.8) is 0 Å². The number of para-hydroxylation sites is 1. The molecule has 7 aromatic carbocycles. The average molecular weight is 809 g/mol. The van der Waals surface area contributed by atoms with Crippen LogP contribution in [0.25, 0.3) is 28.0 Å². The fourth-order valence-corrected chi connectivity index (χ4v) is 12.3. The number of hydrogen-bond acceptors (Lipinski definition) is 3. The molecule has 0 spiro atoms. The molecule has 0 N–H and O–H groups in total. The summed E-state index contributed by atoms with van der Waals surface area (Å²) < 4.78 is 6.24. The Kier molecular flexibility index (Phi) is 9.68. The molecule has 2 atom stereocenters. The van der Waals surface area contributed by atoms with Gasteiger partial charge in [0.2, 0.25) is 0 Å². The highest BCUT2D eigenvalue weighted by Crippen LogP contribution is 2.66. The second kappa shape index (κ2) is 15.5. The van der Waals surface area contributed by atoms with E-state index in [1.807, 2.05) is 18.2 Å². The van der Waals surface area contributed by atoms with E-state index >= 15 is 0 Å². The van der Waals surface area contributed by atoms with Gasteiger partial charge in [0, 0.05) is 44.9 Å². The first kappa shape index (κ1) is 38.6. The molecule has 2 unspecified atom stereocenters. The number of benzene rings is 7. The molecular weight excluding hydrogens is 753 g/mol. The molecule has 1 heterocycles. The van der Waals surface area contributed by atoms with Crippen LogP contribution < -0.4 is 9.80 Å². The summed E-state index contributed by atoms with van der Waals surface area (Å²) in [6.45, 7) is 8.43. The van der Waals surface area contributed by atoms with Crippen molar-refractivity contribution in [3.05, 3.63) is 198 Å². The number of nitrogens with zero attached hydrogens (tertiary/aromatic N) is 2. The predicted molar refractivity (Wildman–Crippen MR) is 261 cm³/mol. The fraction of sp³-hybridized carbons (Fsp3) is 0.254. The molecule has 3 heteroatoms. The SMILES string of the molecule is C=Cc1ccc(C23CC4CC(C2)CC(c2ccc(N(c5ccc(CCCC)cc5)c5ccc(N(c6ccc(C)cc6)c6ccc7oc8ccccc8c7c6)cc5)cc2)(C4)C3)cc1.